The average molecular weight is 519 g/mol. The van der Waals surface area contributed by atoms with Gasteiger partial charge in [-0.2, -0.15) is 0 Å². The van der Waals surface area contributed by atoms with E-state index < -0.39 is 17.1 Å². The van der Waals surface area contributed by atoms with Crippen molar-refractivity contribution in [2.24, 2.45) is 34.5 Å². The molecule has 6 unspecified atom stereocenters. The van der Waals surface area contributed by atoms with Crippen LogP contribution in [0.15, 0.2) is 59.4 Å². The number of aliphatic hydroxyl groups is 2. The summed E-state index contributed by atoms with van der Waals surface area (Å²) >= 11 is 1.35. The lowest BCUT2D eigenvalue weighted by atomic mass is 9.46. The van der Waals surface area contributed by atoms with Gasteiger partial charge in [-0.15, -0.1) is 0 Å². The van der Waals surface area contributed by atoms with Crippen LogP contribution in [0, 0.1) is 34.5 Å². The van der Waals surface area contributed by atoms with Crippen molar-refractivity contribution in [1.29, 1.82) is 0 Å². The Kier molecular flexibility index (Phi) is 5.79. The minimum atomic E-state index is -1.52. The molecule has 8 atom stereocenters. The summed E-state index contributed by atoms with van der Waals surface area (Å²) in [5.41, 5.74) is -0.671. The number of fused-ring (bicyclic) bond motifs is 6. The number of aromatic nitrogens is 2. The van der Waals surface area contributed by atoms with E-state index >= 15 is 0 Å². The highest BCUT2D eigenvalue weighted by Crippen LogP contribution is 2.68. The molecule has 0 amide bonds. The highest BCUT2D eigenvalue weighted by atomic mass is 32.2. The Morgan fingerprint density at radius 2 is 2.00 bits per heavy atom. The number of aliphatic hydroxyl groups excluding tert-OH is 1. The Labute approximate surface area is 221 Å². The van der Waals surface area contributed by atoms with E-state index in [9.17, 15) is 19.8 Å². The molecule has 1 aromatic heterocycles. The fourth-order valence-corrected chi connectivity index (χ4v) is 9.53. The predicted octanol–water partition coefficient (Wildman–Crippen LogP) is 4.55. The number of carbonyl (C=O) groups is 2. The van der Waals surface area contributed by atoms with Crippen molar-refractivity contribution in [3.8, 4) is 0 Å². The molecule has 6 rings (SSSR count). The quantitative estimate of drug-likeness (QED) is 0.452. The second-order valence-electron chi connectivity index (χ2n) is 12.0. The highest BCUT2D eigenvalue weighted by Gasteiger charge is 2.70. The standard InChI is InChI=1S/C30H34N2O4S/c1-17-12-22-20-9-8-18-13-19(33)10-11-28(18,2)26(20)24(34)14-29(22,3)30(17,36)25(35)15-37-27-21-6-4-5-7-23(21)31-16-32-27/h4-7,10-11,13,16-17,20,22,24,26,34,36H,8-9,12,14-15H2,1-3H3/t17-,20?,22?,24?,26?,28?,29?,30+/m1/s1. The number of nitrogens with zero attached hydrogens (tertiary/aromatic N) is 2. The van der Waals surface area contributed by atoms with E-state index in [4.69, 9.17) is 0 Å². The van der Waals surface area contributed by atoms with Gasteiger partial charge in [0, 0.05) is 22.1 Å². The fourth-order valence-electron chi connectivity index (χ4n) is 8.59. The Morgan fingerprint density at radius 3 is 2.81 bits per heavy atom. The lowest BCUT2D eigenvalue weighted by Gasteiger charge is -2.59. The molecule has 4 aliphatic carbocycles. The number of ketones is 2. The van der Waals surface area contributed by atoms with Crippen molar-refractivity contribution in [3.05, 3.63) is 54.4 Å². The Bertz CT molecular complexity index is 1350. The second kappa shape index (κ2) is 8.58. The molecule has 0 saturated heterocycles. The van der Waals surface area contributed by atoms with Crippen LogP contribution in [0.4, 0.5) is 0 Å². The summed E-state index contributed by atoms with van der Waals surface area (Å²) in [4.78, 5) is 34.7. The van der Waals surface area contributed by atoms with Crippen LogP contribution < -0.4 is 0 Å². The van der Waals surface area contributed by atoms with Gasteiger partial charge in [-0.3, -0.25) is 9.59 Å². The van der Waals surface area contributed by atoms with Gasteiger partial charge in [0.2, 0.25) is 0 Å². The minimum Gasteiger partial charge on any atom is -0.393 e. The number of hydrogen-bond acceptors (Lipinski definition) is 7. The molecule has 194 valence electrons. The number of para-hydroxylation sites is 1. The molecule has 0 bridgehead atoms. The van der Waals surface area contributed by atoms with Crippen LogP contribution in [0.2, 0.25) is 0 Å². The zero-order valence-electron chi connectivity index (χ0n) is 21.6. The molecule has 4 aliphatic rings. The number of allylic oxidation sites excluding steroid dienone is 4. The third-order valence-electron chi connectivity index (χ3n) is 10.3. The number of benzene rings is 1. The van der Waals surface area contributed by atoms with Gasteiger partial charge in [0.25, 0.3) is 0 Å². The van der Waals surface area contributed by atoms with Gasteiger partial charge in [0.05, 0.1) is 17.4 Å². The summed E-state index contributed by atoms with van der Waals surface area (Å²) in [5, 5.41) is 25.5. The molecule has 0 radical (unpaired) electrons. The third-order valence-corrected chi connectivity index (χ3v) is 11.4. The maximum Gasteiger partial charge on any atom is 0.178 e. The summed E-state index contributed by atoms with van der Waals surface area (Å²) in [5.74, 6) is 0.0107. The van der Waals surface area contributed by atoms with Gasteiger partial charge < -0.3 is 10.2 Å². The summed E-state index contributed by atoms with van der Waals surface area (Å²) in [6.07, 6.45) is 9.03. The van der Waals surface area contributed by atoms with Crippen LogP contribution in [0.25, 0.3) is 10.9 Å². The molecule has 7 heteroatoms. The fraction of sp³-hybridized carbons (Fsp3) is 0.533. The van der Waals surface area contributed by atoms with Crippen molar-refractivity contribution in [2.75, 3.05) is 5.75 Å². The van der Waals surface area contributed by atoms with Gasteiger partial charge in [-0.05, 0) is 61.7 Å². The molecule has 3 fully saturated rings. The molecular weight excluding hydrogens is 484 g/mol. The molecule has 37 heavy (non-hydrogen) atoms. The zero-order valence-corrected chi connectivity index (χ0v) is 22.4. The van der Waals surface area contributed by atoms with Crippen LogP contribution in [0.5, 0.6) is 0 Å². The SMILES string of the molecule is C[C@@H]1CC2C3CCC4=CC(=O)C=CC4(C)C3C(O)CC2(C)[C@@]1(O)C(=O)CSc1ncnc2ccccc12. The zero-order chi connectivity index (χ0) is 26.2. The first-order valence-corrected chi connectivity index (χ1v) is 14.3. The van der Waals surface area contributed by atoms with Crippen molar-refractivity contribution in [3.63, 3.8) is 0 Å². The molecule has 2 N–H and O–H groups in total. The van der Waals surface area contributed by atoms with E-state index in [1.165, 1.54) is 18.1 Å². The number of hydrogen-bond donors (Lipinski definition) is 2. The van der Waals surface area contributed by atoms with Gasteiger partial charge in [0.1, 0.15) is 17.0 Å². The summed E-state index contributed by atoms with van der Waals surface area (Å²) in [6, 6.07) is 7.72. The number of rotatable bonds is 4. The molecule has 2 aromatic rings. The van der Waals surface area contributed by atoms with Crippen LogP contribution in [0.3, 0.4) is 0 Å². The summed E-state index contributed by atoms with van der Waals surface area (Å²) in [7, 11) is 0. The lowest BCUT2D eigenvalue weighted by Crippen LogP contribution is -2.62. The van der Waals surface area contributed by atoms with Crippen LogP contribution in [-0.2, 0) is 9.59 Å². The molecule has 1 heterocycles. The maximum atomic E-state index is 13.9. The van der Waals surface area contributed by atoms with Gasteiger partial charge in [0.15, 0.2) is 11.6 Å². The number of thioether (sulfide) groups is 1. The van der Waals surface area contributed by atoms with Crippen LogP contribution in [0.1, 0.15) is 46.5 Å². The summed E-state index contributed by atoms with van der Waals surface area (Å²) in [6.45, 7) is 6.16. The number of Topliss-reactive ketones (excluding diaryl/α,β-unsaturated/α-hetero) is 1. The molecule has 1 aromatic carbocycles. The van der Waals surface area contributed by atoms with Gasteiger partial charge in [-0.1, -0.05) is 62.4 Å². The van der Waals surface area contributed by atoms with E-state index in [0.717, 1.165) is 40.8 Å². The van der Waals surface area contributed by atoms with E-state index in [2.05, 4.69) is 16.9 Å². The Hall–Kier alpha value is -2.35. The van der Waals surface area contributed by atoms with Crippen molar-refractivity contribution < 1.29 is 19.8 Å². The van der Waals surface area contributed by atoms with Crippen molar-refractivity contribution in [1.82, 2.24) is 9.97 Å². The molecule has 0 spiro atoms. The summed E-state index contributed by atoms with van der Waals surface area (Å²) < 4.78 is 0. The first-order valence-electron chi connectivity index (χ1n) is 13.3. The molecule has 0 aliphatic heterocycles. The monoisotopic (exact) mass is 518 g/mol. The number of carbonyl (C=O) groups excluding carboxylic acids is 2. The maximum absolute atomic E-state index is 13.9. The van der Waals surface area contributed by atoms with Gasteiger partial charge >= 0.3 is 0 Å². The van der Waals surface area contributed by atoms with E-state index in [1.54, 1.807) is 12.2 Å². The van der Waals surface area contributed by atoms with E-state index in [1.807, 2.05) is 44.2 Å². The molecule has 3 saturated carbocycles. The largest absolute Gasteiger partial charge is 0.393 e. The van der Waals surface area contributed by atoms with Crippen LogP contribution >= 0.6 is 11.8 Å². The van der Waals surface area contributed by atoms with E-state index in [0.29, 0.717) is 6.42 Å². The minimum absolute atomic E-state index is 0.0180. The smallest absolute Gasteiger partial charge is 0.178 e. The highest BCUT2D eigenvalue weighted by molar-refractivity contribution is 8.00. The first kappa shape index (κ1) is 25.0. The Morgan fingerprint density at radius 1 is 1.22 bits per heavy atom. The van der Waals surface area contributed by atoms with E-state index in [-0.39, 0.29) is 46.4 Å². The van der Waals surface area contributed by atoms with Crippen molar-refractivity contribution >= 4 is 34.2 Å². The normalized spacial score (nSPS) is 40.6. The average Bonchev–Trinajstić information content (AvgIpc) is 3.08. The predicted molar refractivity (Wildman–Crippen MR) is 143 cm³/mol. The van der Waals surface area contributed by atoms with Gasteiger partial charge in [-0.25, -0.2) is 9.97 Å². The van der Waals surface area contributed by atoms with Crippen molar-refractivity contribution in [2.45, 2.75) is 63.2 Å². The molecular formula is C30H34N2O4S. The Balaban J connectivity index is 1.29. The molecule has 6 nitrogen and oxygen atoms in total. The van der Waals surface area contributed by atoms with Crippen LogP contribution in [-0.4, -0.2) is 49.2 Å². The third kappa shape index (κ3) is 3.46. The lowest BCUT2D eigenvalue weighted by molar-refractivity contribution is -0.179. The second-order valence-corrected chi connectivity index (χ2v) is 13.0. The topological polar surface area (TPSA) is 100 Å². The first-order chi connectivity index (χ1) is 17.6.